The molecule has 0 aromatic carbocycles. The van der Waals surface area contributed by atoms with E-state index in [1.54, 1.807) is 7.05 Å². The molecule has 25 heavy (non-hydrogen) atoms. The smallest absolute Gasteiger partial charge is 0.372 e. The molecular formula is C16H27F3N4O2. The van der Waals surface area contributed by atoms with Crippen molar-refractivity contribution in [1.29, 1.82) is 0 Å². The Hall–Kier alpha value is -1.77. The molecule has 6 nitrogen and oxygen atoms in total. The van der Waals surface area contributed by atoms with Gasteiger partial charge in [-0.15, -0.1) is 0 Å². The van der Waals surface area contributed by atoms with E-state index in [2.05, 4.69) is 39.4 Å². The Labute approximate surface area is 146 Å². The Morgan fingerprint density at radius 2 is 2.04 bits per heavy atom. The van der Waals surface area contributed by atoms with E-state index in [1.165, 1.54) is 0 Å². The van der Waals surface area contributed by atoms with E-state index < -0.39 is 12.8 Å². The zero-order valence-corrected chi connectivity index (χ0v) is 14.9. The molecule has 0 aliphatic heterocycles. The summed E-state index contributed by atoms with van der Waals surface area (Å²) in [4.78, 5) is 4.05. The number of aliphatic imine (C=N–C) groups is 1. The van der Waals surface area contributed by atoms with Gasteiger partial charge in [0, 0.05) is 32.2 Å². The first-order valence-corrected chi connectivity index (χ1v) is 8.44. The fourth-order valence-corrected chi connectivity index (χ4v) is 2.27. The van der Waals surface area contributed by atoms with E-state index in [0.717, 1.165) is 18.5 Å². The average molecular weight is 364 g/mol. The van der Waals surface area contributed by atoms with Crippen molar-refractivity contribution in [2.75, 3.05) is 26.8 Å². The normalized spacial score (nSPS) is 12.7. The maximum Gasteiger partial charge on any atom is 0.411 e. The summed E-state index contributed by atoms with van der Waals surface area (Å²) in [5.41, 5.74) is 0.951. The first kappa shape index (κ1) is 21.3. The van der Waals surface area contributed by atoms with Gasteiger partial charge in [0.25, 0.3) is 0 Å². The van der Waals surface area contributed by atoms with Gasteiger partial charge < -0.3 is 19.9 Å². The lowest BCUT2D eigenvalue weighted by Crippen LogP contribution is -2.37. The molecule has 0 spiro atoms. The van der Waals surface area contributed by atoms with Crippen molar-refractivity contribution in [1.82, 2.24) is 15.8 Å². The lowest BCUT2D eigenvalue weighted by Gasteiger charge is -2.11. The van der Waals surface area contributed by atoms with Gasteiger partial charge in [-0.1, -0.05) is 19.0 Å². The predicted molar refractivity (Wildman–Crippen MR) is 89.5 cm³/mol. The van der Waals surface area contributed by atoms with Crippen molar-refractivity contribution in [3.8, 4) is 0 Å². The van der Waals surface area contributed by atoms with Crippen LogP contribution >= 0.6 is 0 Å². The number of hydrogen-bond acceptors (Lipinski definition) is 4. The van der Waals surface area contributed by atoms with Crippen molar-refractivity contribution in [3.63, 3.8) is 0 Å². The number of guanidine groups is 1. The third-order valence-corrected chi connectivity index (χ3v) is 3.66. The number of hydrogen-bond donors (Lipinski definition) is 2. The third kappa shape index (κ3) is 8.76. The molecule has 1 rings (SSSR count). The van der Waals surface area contributed by atoms with Gasteiger partial charge in [0.05, 0.1) is 12.2 Å². The van der Waals surface area contributed by atoms with Crippen LogP contribution in [-0.2, 0) is 11.3 Å². The lowest BCUT2D eigenvalue weighted by molar-refractivity contribution is -0.173. The predicted octanol–water partition coefficient (Wildman–Crippen LogP) is 3.21. The molecule has 9 heteroatoms. The van der Waals surface area contributed by atoms with Gasteiger partial charge in [0.15, 0.2) is 11.7 Å². The summed E-state index contributed by atoms with van der Waals surface area (Å²) in [5, 5.41) is 10.2. The quantitative estimate of drug-likeness (QED) is 0.379. The van der Waals surface area contributed by atoms with Crippen molar-refractivity contribution in [2.45, 2.75) is 51.7 Å². The summed E-state index contributed by atoms with van der Waals surface area (Å²) in [6.45, 7) is 3.93. The molecule has 1 heterocycles. The fourth-order valence-electron chi connectivity index (χ4n) is 2.27. The summed E-state index contributed by atoms with van der Waals surface area (Å²) < 4.78 is 45.6. The molecule has 0 saturated carbocycles. The Morgan fingerprint density at radius 3 is 2.64 bits per heavy atom. The molecule has 1 aromatic rings. The first-order chi connectivity index (χ1) is 11.9. The standard InChI is InChI=1S/C16H27F3N4O2/c1-4-12(5-2)14-9-13(25-23-14)10-22-15(20-3)21-7-6-8-24-11-16(17,18)19/h9,12H,4-8,10-11H2,1-3H3,(H2,20,21,22). The number of nitrogens with zero attached hydrogens (tertiary/aromatic N) is 2. The van der Waals surface area contributed by atoms with Crippen LogP contribution < -0.4 is 10.6 Å². The zero-order chi connectivity index (χ0) is 18.7. The monoisotopic (exact) mass is 364 g/mol. The van der Waals surface area contributed by atoms with Crippen LogP contribution in [0.25, 0.3) is 0 Å². The van der Waals surface area contributed by atoms with E-state index >= 15 is 0 Å². The van der Waals surface area contributed by atoms with Gasteiger partial charge in [0.1, 0.15) is 6.61 Å². The Morgan fingerprint density at radius 1 is 1.32 bits per heavy atom. The molecule has 0 radical (unpaired) electrons. The highest BCUT2D eigenvalue weighted by Crippen LogP contribution is 2.22. The molecule has 144 valence electrons. The summed E-state index contributed by atoms with van der Waals surface area (Å²) in [7, 11) is 1.62. The minimum Gasteiger partial charge on any atom is -0.372 e. The van der Waals surface area contributed by atoms with E-state index in [-0.39, 0.29) is 6.61 Å². The second-order valence-corrected chi connectivity index (χ2v) is 5.61. The van der Waals surface area contributed by atoms with Crippen molar-refractivity contribution >= 4 is 5.96 Å². The number of nitrogens with one attached hydrogen (secondary N) is 2. The zero-order valence-electron chi connectivity index (χ0n) is 14.9. The van der Waals surface area contributed by atoms with Crippen LogP contribution in [0.3, 0.4) is 0 Å². The third-order valence-electron chi connectivity index (χ3n) is 3.66. The minimum absolute atomic E-state index is 0.0321. The summed E-state index contributed by atoms with van der Waals surface area (Å²) in [5.74, 6) is 1.64. The largest absolute Gasteiger partial charge is 0.411 e. The van der Waals surface area contributed by atoms with Crippen LogP contribution in [-0.4, -0.2) is 44.1 Å². The number of halogens is 3. The molecule has 0 bridgehead atoms. The van der Waals surface area contributed by atoms with Gasteiger partial charge in [-0.3, -0.25) is 4.99 Å². The van der Waals surface area contributed by atoms with E-state index in [1.807, 2.05) is 6.07 Å². The van der Waals surface area contributed by atoms with Crippen LogP contribution in [0.15, 0.2) is 15.6 Å². The molecule has 0 aliphatic carbocycles. The van der Waals surface area contributed by atoms with Gasteiger partial charge in [0.2, 0.25) is 0 Å². The molecule has 0 saturated heterocycles. The van der Waals surface area contributed by atoms with Crippen LogP contribution in [0.1, 0.15) is 50.5 Å². The Balaban J connectivity index is 2.26. The Bertz CT molecular complexity index is 514. The molecule has 0 amide bonds. The highest BCUT2D eigenvalue weighted by molar-refractivity contribution is 5.79. The molecule has 0 aliphatic rings. The number of rotatable bonds is 10. The first-order valence-electron chi connectivity index (χ1n) is 8.44. The highest BCUT2D eigenvalue weighted by Gasteiger charge is 2.27. The van der Waals surface area contributed by atoms with Gasteiger partial charge in [-0.25, -0.2) is 0 Å². The van der Waals surface area contributed by atoms with Gasteiger partial charge >= 0.3 is 6.18 Å². The number of alkyl halides is 3. The molecule has 2 N–H and O–H groups in total. The molecule has 1 aromatic heterocycles. The highest BCUT2D eigenvalue weighted by atomic mass is 19.4. The van der Waals surface area contributed by atoms with E-state index in [0.29, 0.717) is 37.1 Å². The van der Waals surface area contributed by atoms with Crippen LogP contribution in [0.5, 0.6) is 0 Å². The molecule has 0 atom stereocenters. The van der Waals surface area contributed by atoms with Crippen LogP contribution in [0.4, 0.5) is 13.2 Å². The minimum atomic E-state index is -4.28. The van der Waals surface area contributed by atoms with Crippen molar-refractivity contribution in [2.24, 2.45) is 4.99 Å². The lowest BCUT2D eigenvalue weighted by atomic mass is 9.99. The topological polar surface area (TPSA) is 71.7 Å². The van der Waals surface area contributed by atoms with Crippen molar-refractivity contribution < 1.29 is 22.4 Å². The summed E-state index contributed by atoms with van der Waals surface area (Å²) in [6, 6.07) is 1.93. The molecule has 0 unspecified atom stereocenters. The van der Waals surface area contributed by atoms with E-state index in [4.69, 9.17) is 4.52 Å². The van der Waals surface area contributed by atoms with Crippen LogP contribution in [0, 0.1) is 0 Å². The maximum absolute atomic E-state index is 11.9. The van der Waals surface area contributed by atoms with Gasteiger partial charge in [-0.05, 0) is 19.3 Å². The second kappa shape index (κ2) is 11.0. The number of ether oxygens (including phenoxy) is 1. The van der Waals surface area contributed by atoms with Gasteiger partial charge in [-0.2, -0.15) is 13.2 Å². The average Bonchev–Trinajstić information content (AvgIpc) is 3.02. The van der Waals surface area contributed by atoms with E-state index in [9.17, 15) is 13.2 Å². The number of aromatic nitrogens is 1. The fraction of sp³-hybridized carbons (Fsp3) is 0.750. The second-order valence-electron chi connectivity index (χ2n) is 5.61. The summed E-state index contributed by atoms with van der Waals surface area (Å²) >= 11 is 0. The summed E-state index contributed by atoms with van der Waals surface area (Å²) in [6.07, 6.45) is -1.82. The molecular weight excluding hydrogens is 337 g/mol. The SMILES string of the molecule is CCC(CC)c1cc(CNC(=NC)NCCCOCC(F)(F)F)on1. The maximum atomic E-state index is 11.9. The molecule has 0 fully saturated rings. The Kier molecular flexibility index (Phi) is 9.33. The van der Waals surface area contributed by atoms with Crippen LogP contribution in [0.2, 0.25) is 0 Å². The van der Waals surface area contributed by atoms with Crippen molar-refractivity contribution in [3.05, 3.63) is 17.5 Å².